The van der Waals surface area contributed by atoms with Gasteiger partial charge in [-0.1, -0.05) is 26.0 Å². The van der Waals surface area contributed by atoms with Gasteiger partial charge in [-0.05, 0) is 17.7 Å². The molecule has 1 aromatic rings. The van der Waals surface area contributed by atoms with Gasteiger partial charge < -0.3 is 5.32 Å². The van der Waals surface area contributed by atoms with E-state index in [4.69, 9.17) is 0 Å². The maximum Gasteiger partial charge on any atom is 0.267 e. The molecule has 5 nitrogen and oxygen atoms in total. The third kappa shape index (κ3) is 4.90. The fourth-order valence-electron chi connectivity index (χ4n) is 1.88. The van der Waals surface area contributed by atoms with Crippen molar-refractivity contribution in [2.75, 3.05) is 0 Å². The van der Waals surface area contributed by atoms with Gasteiger partial charge in [-0.25, -0.2) is 5.43 Å². The summed E-state index contributed by atoms with van der Waals surface area (Å²) in [6, 6.07) is 8.14. The Morgan fingerprint density at radius 1 is 1.33 bits per heavy atom. The zero-order valence-corrected chi connectivity index (χ0v) is 13.0. The molecule has 1 heterocycles. The molecule has 0 fully saturated rings. The highest BCUT2D eigenvalue weighted by Gasteiger charge is 2.17. The number of hydrogen-bond donors (Lipinski definition) is 2. The highest BCUT2D eigenvalue weighted by molar-refractivity contribution is 7.99. The Hall–Kier alpha value is -1.82. The zero-order chi connectivity index (χ0) is 15.2. The molecule has 1 aliphatic heterocycles. The molecule has 0 unspecified atom stereocenters. The summed E-state index contributed by atoms with van der Waals surface area (Å²) in [5.41, 5.74) is 3.74. The van der Waals surface area contributed by atoms with Crippen LogP contribution in [0.2, 0.25) is 0 Å². The number of benzene rings is 1. The minimum Gasteiger partial charge on any atom is -0.347 e. The van der Waals surface area contributed by atoms with E-state index in [0.717, 1.165) is 5.56 Å². The third-order valence-corrected chi connectivity index (χ3v) is 3.93. The lowest BCUT2D eigenvalue weighted by atomic mass is 10.1. The second kappa shape index (κ2) is 7.26. The van der Waals surface area contributed by atoms with E-state index in [9.17, 15) is 9.59 Å². The van der Waals surface area contributed by atoms with Crippen LogP contribution in [-0.4, -0.2) is 22.8 Å². The number of carbonyl (C=O) groups is 2. The van der Waals surface area contributed by atoms with Crippen LogP contribution in [0.1, 0.15) is 32.3 Å². The molecule has 0 atom stereocenters. The molecule has 1 aliphatic rings. The molecule has 0 saturated heterocycles. The van der Waals surface area contributed by atoms with Gasteiger partial charge in [0.05, 0.1) is 0 Å². The van der Waals surface area contributed by atoms with Gasteiger partial charge in [-0.15, -0.1) is 11.8 Å². The van der Waals surface area contributed by atoms with Crippen molar-refractivity contribution in [3.05, 3.63) is 29.8 Å². The smallest absolute Gasteiger partial charge is 0.267 e. The molecule has 0 bridgehead atoms. The summed E-state index contributed by atoms with van der Waals surface area (Å²) in [5, 5.41) is 7.14. The highest BCUT2D eigenvalue weighted by atomic mass is 32.2. The van der Waals surface area contributed by atoms with Crippen LogP contribution in [0.4, 0.5) is 0 Å². The normalized spacial score (nSPS) is 14.6. The number of thioether (sulfide) groups is 1. The molecular weight excluding hydrogens is 286 g/mol. The van der Waals surface area contributed by atoms with Crippen LogP contribution < -0.4 is 10.7 Å². The van der Waals surface area contributed by atoms with Crippen molar-refractivity contribution in [3.8, 4) is 0 Å². The lowest BCUT2D eigenvalue weighted by Gasteiger charge is -2.12. The summed E-state index contributed by atoms with van der Waals surface area (Å²) in [6.45, 7) is 4.77. The first-order chi connectivity index (χ1) is 10.0. The number of hydrogen-bond acceptors (Lipinski definition) is 4. The molecule has 1 aromatic carbocycles. The Morgan fingerprint density at radius 2 is 2.05 bits per heavy atom. The quantitative estimate of drug-likeness (QED) is 0.818. The van der Waals surface area contributed by atoms with Crippen LogP contribution in [0.3, 0.4) is 0 Å². The van der Waals surface area contributed by atoms with E-state index in [2.05, 4.69) is 41.8 Å². The Bertz CT molecular complexity index is 553. The molecule has 6 heteroatoms. The standard InChI is InChI=1S/C15H19N3O2S/c1-10(2)21-12-5-3-11(4-6-12)9-16-15(20)13-7-8-14(19)18-17-13/h3-6,10H,7-9H2,1-2H3,(H,16,20)(H,18,19). The molecule has 2 N–H and O–H groups in total. The lowest BCUT2D eigenvalue weighted by molar-refractivity contribution is -0.121. The van der Waals surface area contributed by atoms with E-state index in [-0.39, 0.29) is 11.8 Å². The Morgan fingerprint density at radius 3 is 2.62 bits per heavy atom. The fourth-order valence-corrected chi connectivity index (χ4v) is 2.72. The van der Waals surface area contributed by atoms with Gasteiger partial charge in [0.15, 0.2) is 0 Å². The van der Waals surface area contributed by atoms with Crippen LogP contribution in [0, 0.1) is 0 Å². The average molecular weight is 305 g/mol. The maximum absolute atomic E-state index is 11.9. The van der Waals surface area contributed by atoms with Crippen molar-refractivity contribution in [1.82, 2.24) is 10.7 Å². The van der Waals surface area contributed by atoms with Crippen LogP contribution in [-0.2, 0) is 16.1 Å². The number of nitrogens with zero attached hydrogens (tertiary/aromatic N) is 1. The topological polar surface area (TPSA) is 70.6 Å². The van der Waals surface area contributed by atoms with E-state index < -0.39 is 0 Å². The number of rotatable bonds is 5. The summed E-state index contributed by atoms with van der Waals surface area (Å²) in [4.78, 5) is 24.1. The number of nitrogens with one attached hydrogen (secondary N) is 2. The Kier molecular flexibility index (Phi) is 5.38. The van der Waals surface area contributed by atoms with E-state index in [0.29, 0.717) is 30.3 Å². The van der Waals surface area contributed by atoms with Crippen LogP contribution in [0.15, 0.2) is 34.3 Å². The van der Waals surface area contributed by atoms with E-state index in [1.165, 1.54) is 4.90 Å². The summed E-state index contributed by atoms with van der Waals surface area (Å²) in [6.07, 6.45) is 0.703. The summed E-state index contributed by atoms with van der Waals surface area (Å²) < 4.78 is 0. The van der Waals surface area contributed by atoms with Gasteiger partial charge in [0, 0.05) is 29.5 Å². The monoisotopic (exact) mass is 305 g/mol. The van der Waals surface area contributed by atoms with Gasteiger partial charge in [-0.3, -0.25) is 9.59 Å². The molecule has 0 aliphatic carbocycles. The van der Waals surface area contributed by atoms with E-state index in [1.807, 2.05) is 23.9 Å². The molecule has 2 amide bonds. The van der Waals surface area contributed by atoms with Gasteiger partial charge in [0.2, 0.25) is 5.91 Å². The second-order valence-corrected chi connectivity index (χ2v) is 6.74. The van der Waals surface area contributed by atoms with Crippen molar-refractivity contribution in [2.45, 2.75) is 43.4 Å². The summed E-state index contributed by atoms with van der Waals surface area (Å²) in [5.74, 6) is -0.375. The van der Waals surface area contributed by atoms with E-state index in [1.54, 1.807) is 0 Å². The summed E-state index contributed by atoms with van der Waals surface area (Å²) in [7, 11) is 0. The van der Waals surface area contributed by atoms with E-state index >= 15 is 0 Å². The van der Waals surface area contributed by atoms with Gasteiger partial charge >= 0.3 is 0 Å². The number of amides is 2. The molecule has 21 heavy (non-hydrogen) atoms. The molecule has 0 aromatic heterocycles. The molecular formula is C15H19N3O2S. The number of carbonyl (C=O) groups excluding carboxylic acids is 2. The highest BCUT2D eigenvalue weighted by Crippen LogP contribution is 2.22. The molecule has 0 spiro atoms. The predicted octanol–water partition coefficient (Wildman–Crippen LogP) is 2.07. The largest absolute Gasteiger partial charge is 0.347 e. The van der Waals surface area contributed by atoms with Crippen molar-refractivity contribution in [3.63, 3.8) is 0 Å². The summed E-state index contributed by atoms with van der Waals surface area (Å²) >= 11 is 1.81. The van der Waals surface area contributed by atoms with Crippen molar-refractivity contribution < 1.29 is 9.59 Å². The lowest BCUT2D eigenvalue weighted by Crippen LogP contribution is -2.36. The van der Waals surface area contributed by atoms with Gasteiger partial charge in [0.1, 0.15) is 5.71 Å². The minimum atomic E-state index is -0.226. The maximum atomic E-state index is 11.9. The SMILES string of the molecule is CC(C)Sc1ccc(CNC(=O)C2=NNC(=O)CC2)cc1. The second-order valence-electron chi connectivity index (χ2n) is 5.09. The van der Waals surface area contributed by atoms with Crippen LogP contribution in [0.5, 0.6) is 0 Å². The molecule has 0 radical (unpaired) electrons. The Labute approximate surface area is 128 Å². The average Bonchev–Trinajstić information content (AvgIpc) is 2.46. The fraction of sp³-hybridized carbons (Fsp3) is 0.400. The third-order valence-electron chi connectivity index (χ3n) is 2.91. The van der Waals surface area contributed by atoms with Gasteiger partial charge in [-0.2, -0.15) is 5.10 Å². The van der Waals surface area contributed by atoms with Crippen molar-refractivity contribution in [1.29, 1.82) is 0 Å². The number of hydrazone groups is 1. The molecule has 112 valence electrons. The Balaban J connectivity index is 1.85. The van der Waals surface area contributed by atoms with Crippen molar-refractivity contribution >= 4 is 29.3 Å². The predicted molar refractivity (Wildman–Crippen MR) is 84.1 cm³/mol. The minimum absolute atomic E-state index is 0.148. The first kappa shape index (κ1) is 15.6. The van der Waals surface area contributed by atoms with Gasteiger partial charge in [0.25, 0.3) is 5.91 Å². The first-order valence-corrected chi connectivity index (χ1v) is 7.82. The van der Waals surface area contributed by atoms with Crippen LogP contribution >= 0.6 is 11.8 Å². The van der Waals surface area contributed by atoms with Crippen molar-refractivity contribution in [2.24, 2.45) is 5.10 Å². The zero-order valence-electron chi connectivity index (χ0n) is 12.2. The molecule has 2 rings (SSSR count). The first-order valence-electron chi connectivity index (χ1n) is 6.94. The molecule has 0 saturated carbocycles. The van der Waals surface area contributed by atoms with Crippen LogP contribution in [0.25, 0.3) is 0 Å².